The van der Waals surface area contributed by atoms with Gasteiger partial charge in [-0.3, -0.25) is 9.59 Å². The Kier molecular flexibility index (Phi) is 4.34. The van der Waals surface area contributed by atoms with Crippen molar-refractivity contribution in [1.82, 2.24) is 0 Å². The highest BCUT2D eigenvalue weighted by Crippen LogP contribution is 2.43. The Morgan fingerprint density at radius 1 is 1.07 bits per heavy atom. The van der Waals surface area contributed by atoms with Crippen LogP contribution in [0, 0.1) is 5.41 Å². The van der Waals surface area contributed by atoms with Crippen molar-refractivity contribution in [2.75, 3.05) is 0 Å². The minimum Gasteiger partial charge on any atom is -0.481 e. The molecule has 1 N–H and O–H groups in total. The average molecular weight is 362 g/mol. The van der Waals surface area contributed by atoms with Gasteiger partial charge in [0, 0.05) is 23.1 Å². The number of hydrogen-bond donors (Lipinski definition) is 1. The van der Waals surface area contributed by atoms with E-state index in [1.807, 2.05) is 61.5 Å². The zero-order chi connectivity index (χ0) is 19.0. The van der Waals surface area contributed by atoms with Crippen LogP contribution in [0.1, 0.15) is 42.6 Å². The molecule has 4 heteroatoms. The Balaban J connectivity index is 1.58. The molecule has 0 radical (unpaired) electrons. The van der Waals surface area contributed by atoms with Crippen molar-refractivity contribution >= 4 is 22.7 Å². The lowest BCUT2D eigenvalue weighted by atomic mass is 9.74. The van der Waals surface area contributed by atoms with Crippen molar-refractivity contribution in [3.05, 3.63) is 71.5 Å². The molecule has 3 aromatic rings. The first kappa shape index (κ1) is 17.5. The van der Waals surface area contributed by atoms with Crippen molar-refractivity contribution < 1.29 is 19.1 Å². The van der Waals surface area contributed by atoms with Gasteiger partial charge in [0.1, 0.15) is 17.1 Å². The van der Waals surface area contributed by atoms with E-state index in [2.05, 4.69) is 0 Å². The molecule has 1 aromatic heterocycles. The third-order valence-electron chi connectivity index (χ3n) is 5.68. The molecule has 0 aliphatic heterocycles. The molecule has 2 aromatic carbocycles. The maximum atomic E-state index is 13.3. The monoisotopic (exact) mass is 362 g/mol. The smallest absolute Gasteiger partial charge is 0.304 e. The molecule has 4 nitrogen and oxygen atoms in total. The van der Waals surface area contributed by atoms with Crippen LogP contribution in [0.15, 0.2) is 59.0 Å². The Labute approximate surface area is 157 Å². The fourth-order valence-corrected chi connectivity index (χ4v) is 4.24. The summed E-state index contributed by atoms with van der Waals surface area (Å²) in [7, 11) is 0. The number of carboxylic acids is 1. The van der Waals surface area contributed by atoms with Crippen LogP contribution in [0.4, 0.5) is 0 Å². The topological polar surface area (TPSA) is 67.5 Å². The van der Waals surface area contributed by atoms with E-state index in [9.17, 15) is 14.7 Å². The van der Waals surface area contributed by atoms with Crippen molar-refractivity contribution in [2.45, 2.75) is 38.5 Å². The Hall–Kier alpha value is -2.88. The molecule has 138 valence electrons. The van der Waals surface area contributed by atoms with Gasteiger partial charge in [-0.15, -0.1) is 0 Å². The SMILES string of the molecule is C[C@@H](CC(=O)C1(CC(=O)O)Cc2ccccc2C1)c1cc2ccccc2o1. The first-order chi connectivity index (χ1) is 13.0. The van der Waals surface area contributed by atoms with E-state index in [1.54, 1.807) is 0 Å². The summed E-state index contributed by atoms with van der Waals surface area (Å²) in [5, 5.41) is 10.5. The van der Waals surface area contributed by atoms with E-state index in [0.29, 0.717) is 12.8 Å². The maximum absolute atomic E-state index is 13.3. The van der Waals surface area contributed by atoms with E-state index < -0.39 is 11.4 Å². The average Bonchev–Trinajstić information content (AvgIpc) is 3.22. The van der Waals surface area contributed by atoms with Gasteiger partial charge in [0.25, 0.3) is 0 Å². The molecule has 0 fully saturated rings. The van der Waals surface area contributed by atoms with Gasteiger partial charge in [0.2, 0.25) is 0 Å². The standard InChI is InChI=1S/C23H22O4/c1-15(20-11-16-6-4-5-9-19(16)27-20)10-21(24)23(14-22(25)26)12-17-7-2-3-8-18(17)13-23/h2-9,11,15H,10,12-14H2,1H3,(H,25,26)/t15-/m0/s1. The van der Waals surface area contributed by atoms with Crippen LogP contribution in [-0.2, 0) is 22.4 Å². The second kappa shape index (κ2) is 6.69. The Morgan fingerprint density at radius 2 is 1.70 bits per heavy atom. The number of benzene rings is 2. The predicted molar refractivity (Wildman–Crippen MR) is 103 cm³/mol. The number of aliphatic carboxylic acids is 1. The number of para-hydroxylation sites is 1. The van der Waals surface area contributed by atoms with Gasteiger partial charge in [-0.05, 0) is 36.1 Å². The number of hydrogen-bond acceptors (Lipinski definition) is 3. The van der Waals surface area contributed by atoms with Gasteiger partial charge in [0.05, 0.1) is 6.42 Å². The number of carbonyl (C=O) groups is 2. The quantitative estimate of drug-likeness (QED) is 0.687. The van der Waals surface area contributed by atoms with Gasteiger partial charge in [-0.1, -0.05) is 49.4 Å². The van der Waals surface area contributed by atoms with Crippen LogP contribution >= 0.6 is 0 Å². The number of Topliss-reactive ketones (excluding diaryl/α,β-unsaturated/α-hetero) is 1. The minimum atomic E-state index is -0.924. The second-order valence-electron chi connectivity index (χ2n) is 7.69. The molecule has 0 amide bonds. The van der Waals surface area contributed by atoms with Gasteiger partial charge >= 0.3 is 5.97 Å². The first-order valence-electron chi connectivity index (χ1n) is 9.27. The number of ketones is 1. The molecule has 27 heavy (non-hydrogen) atoms. The third-order valence-corrected chi connectivity index (χ3v) is 5.68. The number of carboxylic acid groups (broad SMARTS) is 1. The molecule has 0 unspecified atom stereocenters. The highest BCUT2D eigenvalue weighted by Gasteiger charge is 2.45. The van der Waals surface area contributed by atoms with Crippen molar-refractivity contribution in [2.24, 2.45) is 5.41 Å². The molecule has 0 spiro atoms. The van der Waals surface area contributed by atoms with Crippen LogP contribution in [0.5, 0.6) is 0 Å². The summed E-state index contributed by atoms with van der Waals surface area (Å²) in [5.74, 6) is -0.244. The zero-order valence-corrected chi connectivity index (χ0v) is 15.3. The number of rotatable bonds is 6. The molecule has 1 aliphatic carbocycles. The van der Waals surface area contributed by atoms with E-state index in [4.69, 9.17) is 4.42 Å². The molecule has 1 heterocycles. The molecule has 0 saturated carbocycles. The molecular weight excluding hydrogens is 340 g/mol. The largest absolute Gasteiger partial charge is 0.481 e. The van der Waals surface area contributed by atoms with Crippen molar-refractivity contribution in [3.63, 3.8) is 0 Å². The summed E-state index contributed by atoms with van der Waals surface area (Å²) >= 11 is 0. The van der Waals surface area contributed by atoms with Crippen LogP contribution in [0.2, 0.25) is 0 Å². The second-order valence-corrected chi connectivity index (χ2v) is 7.69. The van der Waals surface area contributed by atoms with E-state index >= 15 is 0 Å². The first-order valence-corrected chi connectivity index (χ1v) is 9.27. The molecule has 4 rings (SSSR count). The molecule has 0 saturated heterocycles. The fourth-order valence-electron chi connectivity index (χ4n) is 4.24. The molecule has 1 atom stereocenters. The van der Waals surface area contributed by atoms with Crippen LogP contribution < -0.4 is 0 Å². The van der Waals surface area contributed by atoms with Crippen LogP contribution in [-0.4, -0.2) is 16.9 Å². The lowest BCUT2D eigenvalue weighted by molar-refractivity contribution is -0.144. The maximum Gasteiger partial charge on any atom is 0.304 e. The summed E-state index contributed by atoms with van der Waals surface area (Å²) < 4.78 is 5.90. The summed E-state index contributed by atoms with van der Waals surface area (Å²) in [5.41, 5.74) is 2.13. The van der Waals surface area contributed by atoms with E-state index in [0.717, 1.165) is 27.9 Å². The summed E-state index contributed by atoms with van der Waals surface area (Å²) in [6.45, 7) is 1.96. The van der Waals surface area contributed by atoms with Crippen LogP contribution in [0.25, 0.3) is 11.0 Å². The number of fused-ring (bicyclic) bond motifs is 2. The Bertz CT molecular complexity index is 956. The normalized spacial score (nSPS) is 16.2. The van der Waals surface area contributed by atoms with Crippen LogP contribution in [0.3, 0.4) is 0 Å². The third kappa shape index (κ3) is 3.27. The highest BCUT2D eigenvalue weighted by atomic mass is 16.4. The minimum absolute atomic E-state index is 0.00839. The van der Waals surface area contributed by atoms with Crippen molar-refractivity contribution in [1.29, 1.82) is 0 Å². The number of carbonyl (C=O) groups excluding carboxylic acids is 1. The summed E-state index contributed by atoms with van der Waals surface area (Å²) in [6, 6.07) is 17.6. The summed E-state index contributed by atoms with van der Waals surface area (Å²) in [6.07, 6.45) is 1.15. The highest BCUT2D eigenvalue weighted by molar-refractivity contribution is 5.90. The van der Waals surface area contributed by atoms with Gasteiger partial charge < -0.3 is 9.52 Å². The van der Waals surface area contributed by atoms with E-state index in [1.165, 1.54) is 0 Å². The van der Waals surface area contributed by atoms with Crippen molar-refractivity contribution in [3.8, 4) is 0 Å². The van der Waals surface area contributed by atoms with Gasteiger partial charge in [-0.2, -0.15) is 0 Å². The zero-order valence-electron chi connectivity index (χ0n) is 15.3. The van der Waals surface area contributed by atoms with E-state index in [-0.39, 0.29) is 24.5 Å². The molecule has 0 bridgehead atoms. The molecule has 1 aliphatic rings. The predicted octanol–water partition coefficient (Wildman–Crippen LogP) is 4.76. The summed E-state index contributed by atoms with van der Waals surface area (Å²) in [4.78, 5) is 24.8. The van der Waals surface area contributed by atoms with Gasteiger partial charge in [-0.25, -0.2) is 0 Å². The molecular formula is C23H22O4. The lowest BCUT2D eigenvalue weighted by Gasteiger charge is -2.26. The number of furan rings is 1. The fraction of sp³-hybridized carbons (Fsp3) is 0.304. The lowest BCUT2D eigenvalue weighted by Crippen LogP contribution is -2.35. The van der Waals surface area contributed by atoms with Gasteiger partial charge in [0.15, 0.2) is 0 Å². The Morgan fingerprint density at radius 3 is 2.33 bits per heavy atom.